The quantitative estimate of drug-likeness (QED) is 0.400. The van der Waals surface area contributed by atoms with Crippen molar-refractivity contribution in [2.45, 2.75) is 6.54 Å². The fourth-order valence-electron chi connectivity index (χ4n) is 2.08. The number of halogens is 2. The van der Waals surface area contributed by atoms with Crippen molar-refractivity contribution in [2.24, 2.45) is 5.73 Å². The molecule has 2 aromatic rings. The van der Waals surface area contributed by atoms with E-state index in [1.165, 1.54) is 24.5 Å². The summed E-state index contributed by atoms with van der Waals surface area (Å²) in [6.07, 6.45) is 3.70. The summed E-state index contributed by atoms with van der Waals surface area (Å²) in [5, 5.41) is 25.0. The number of carbonyl (C=O) groups is 1. The van der Waals surface area contributed by atoms with Crippen LogP contribution in [-0.2, 0) is 11.3 Å². The van der Waals surface area contributed by atoms with Crippen LogP contribution in [0.15, 0.2) is 36.3 Å². The van der Waals surface area contributed by atoms with Gasteiger partial charge in [-0.3, -0.25) is 4.79 Å². The Morgan fingerprint density at radius 1 is 1.46 bits per heavy atom. The van der Waals surface area contributed by atoms with E-state index in [4.69, 9.17) is 28.0 Å². The summed E-state index contributed by atoms with van der Waals surface area (Å²) in [5.41, 5.74) is 5.68. The average Bonchev–Trinajstić information content (AvgIpc) is 2.67. The molecule has 1 aromatic carbocycles. The van der Waals surface area contributed by atoms with E-state index < -0.39 is 11.7 Å². The Labute approximate surface area is 164 Å². The predicted molar refractivity (Wildman–Crippen MR) is 103 cm³/mol. The van der Waals surface area contributed by atoms with Gasteiger partial charge in [-0.25, -0.2) is 9.37 Å². The first-order valence-electron chi connectivity index (χ1n) is 7.87. The number of aromatic nitrogens is 2. The van der Waals surface area contributed by atoms with E-state index in [0.29, 0.717) is 5.56 Å². The first-order chi connectivity index (χ1) is 13.4. The first-order valence-corrected chi connectivity index (χ1v) is 8.25. The SMILES string of the molecule is N#Cc1c(F)cccc1CNc1nc(N/C(C=N)=C/NCC(N)=O)ncc1Cl. The second kappa shape index (κ2) is 9.84. The highest BCUT2D eigenvalue weighted by Crippen LogP contribution is 2.21. The van der Waals surface area contributed by atoms with Gasteiger partial charge >= 0.3 is 0 Å². The molecule has 1 amide bonds. The second-order valence-corrected chi connectivity index (χ2v) is 5.75. The van der Waals surface area contributed by atoms with Crippen molar-refractivity contribution in [3.05, 3.63) is 58.3 Å². The van der Waals surface area contributed by atoms with Crippen molar-refractivity contribution in [2.75, 3.05) is 17.2 Å². The molecule has 0 aliphatic carbocycles. The lowest BCUT2D eigenvalue weighted by atomic mass is 10.1. The average molecular weight is 403 g/mol. The van der Waals surface area contributed by atoms with Gasteiger partial charge in [0, 0.05) is 19.0 Å². The molecule has 6 N–H and O–H groups in total. The highest BCUT2D eigenvalue weighted by atomic mass is 35.5. The van der Waals surface area contributed by atoms with E-state index in [-0.39, 0.29) is 41.1 Å². The summed E-state index contributed by atoms with van der Waals surface area (Å²) in [7, 11) is 0. The summed E-state index contributed by atoms with van der Waals surface area (Å²) in [6, 6.07) is 6.15. The van der Waals surface area contributed by atoms with Crippen LogP contribution in [0.25, 0.3) is 0 Å². The molecular weight excluding hydrogens is 387 g/mol. The van der Waals surface area contributed by atoms with Crippen LogP contribution >= 0.6 is 11.6 Å². The van der Waals surface area contributed by atoms with Gasteiger partial charge in [0.25, 0.3) is 0 Å². The molecule has 0 atom stereocenters. The molecule has 0 aliphatic heterocycles. The molecule has 0 bridgehead atoms. The van der Waals surface area contributed by atoms with Gasteiger partial charge in [-0.15, -0.1) is 0 Å². The fraction of sp³-hybridized carbons (Fsp3) is 0.118. The normalized spacial score (nSPS) is 10.7. The molecule has 28 heavy (non-hydrogen) atoms. The molecule has 1 heterocycles. The number of anilines is 2. The zero-order valence-electron chi connectivity index (χ0n) is 14.5. The molecule has 0 spiro atoms. The highest BCUT2D eigenvalue weighted by Gasteiger charge is 2.10. The maximum atomic E-state index is 13.7. The van der Waals surface area contributed by atoms with Crippen molar-refractivity contribution in [3.63, 3.8) is 0 Å². The van der Waals surface area contributed by atoms with Gasteiger partial charge in [0.2, 0.25) is 11.9 Å². The van der Waals surface area contributed by atoms with Crippen LogP contribution in [0.4, 0.5) is 16.2 Å². The van der Waals surface area contributed by atoms with Crippen molar-refractivity contribution in [3.8, 4) is 6.07 Å². The minimum absolute atomic E-state index is 0.0620. The van der Waals surface area contributed by atoms with E-state index in [0.717, 1.165) is 6.21 Å². The number of carbonyl (C=O) groups excluding carboxylic acids is 1. The number of hydrogen-bond donors (Lipinski definition) is 5. The molecule has 0 saturated heterocycles. The summed E-state index contributed by atoms with van der Waals surface area (Å²) in [6.45, 7) is 0.0203. The highest BCUT2D eigenvalue weighted by molar-refractivity contribution is 6.32. The molecule has 0 unspecified atom stereocenters. The van der Waals surface area contributed by atoms with Crippen molar-refractivity contribution < 1.29 is 9.18 Å². The van der Waals surface area contributed by atoms with Gasteiger partial charge in [0.15, 0.2) is 5.82 Å². The minimum Gasteiger partial charge on any atom is -0.380 e. The van der Waals surface area contributed by atoms with Crippen LogP contribution in [0.2, 0.25) is 5.02 Å². The number of rotatable bonds is 9. The van der Waals surface area contributed by atoms with Crippen molar-refractivity contribution in [1.29, 1.82) is 10.7 Å². The second-order valence-electron chi connectivity index (χ2n) is 5.35. The number of benzene rings is 1. The van der Waals surface area contributed by atoms with E-state index in [9.17, 15) is 9.18 Å². The zero-order valence-corrected chi connectivity index (χ0v) is 15.2. The van der Waals surface area contributed by atoms with E-state index >= 15 is 0 Å². The Hall–Kier alpha value is -3.71. The number of nitrogens with two attached hydrogens (primary N) is 1. The molecule has 2 rings (SSSR count). The molecule has 0 aliphatic rings. The van der Waals surface area contributed by atoms with Gasteiger partial charge in [-0.1, -0.05) is 23.7 Å². The molecule has 1 aromatic heterocycles. The molecule has 9 nitrogen and oxygen atoms in total. The van der Waals surface area contributed by atoms with Gasteiger partial charge in [-0.05, 0) is 11.6 Å². The molecule has 0 radical (unpaired) electrons. The van der Waals surface area contributed by atoms with E-state index in [1.807, 2.05) is 6.07 Å². The summed E-state index contributed by atoms with van der Waals surface area (Å²) < 4.78 is 13.7. The number of allylic oxidation sites excluding steroid dienone is 1. The number of amides is 1. The molecule has 11 heteroatoms. The van der Waals surface area contributed by atoms with Gasteiger partial charge in [-0.2, -0.15) is 10.2 Å². The summed E-state index contributed by atoms with van der Waals surface area (Å²) >= 11 is 6.08. The fourth-order valence-corrected chi connectivity index (χ4v) is 2.23. The Kier molecular flexibility index (Phi) is 7.24. The zero-order chi connectivity index (χ0) is 20.5. The van der Waals surface area contributed by atoms with Gasteiger partial charge in [0.1, 0.15) is 16.9 Å². The Morgan fingerprint density at radius 3 is 2.93 bits per heavy atom. The van der Waals surface area contributed by atoms with Crippen LogP contribution in [0.1, 0.15) is 11.1 Å². The smallest absolute Gasteiger partial charge is 0.236 e. The van der Waals surface area contributed by atoms with E-state index in [2.05, 4.69) is 25.9 Å². The largest absolute Gasteiger partial charge is 0.380 e. The van der Waals surface area contributed by atoms with Gasteiger partial charge in [0.05, 0.1) is 24.0 Å². The third-order valence-electron chi connectivity index (χ3n) is 3.35. The van der Waals surface area contributed by atoms with E-state index in [1.54, 1.807) is 6.07 Å². The number of primary amides is 1. The van der Waals surface area contributed by atoms with Crippen LogP contribution in [-0.4, -0.2) is 28.6 Å². The van der Waals surface area contributed by atoms with Crippen LogP contribution < -0.4 is 21.7 Å². The summed E-state index contributed by atoms with van der Waals surface area (Å²) in [5.74, 6) is -0.782. The lowest BCUT2D eigenvalue weighted by molar-refractivity contribution is -0.117. The van der Waals surface area contributed by atoms with Gasteiger partial charge < -0.3 is 27.1 Å². The topological polar surface area (TPSA) is 153 Å². The molecule has 0 fully saturated rings. The van der Waals surface area contributed by atoms with Crippen molar-refractivity contribution >= 4 is 35.5 Å². The third-order valence-corrected chi connectivity index (χ3v) is 3.62. The molecule has 0 saturated carbocycles. The molecule has 144 valence electrons. The van der Waals surface area contributed by atoms with Crippen molar-refractivity contribution in [1.82, 2.24) is 15.3 Å². The maximum Gasteiger partial charge on any atom is 0.236 e. The first kappa shape index (κ1) is 20.6. The third kappa shape index (κ3) is 5.65. The lowest BCUT2D eigenvalue weighted by Gasteiger charge is -2.11. The van der Waals surface area contributed by atoms with Crippen LogP contribution in [0.5, 0.6) is 0 Å². The molecular formula is C17H16ClFN8O. The number of hydrogen-bond acceptors (Lipinski definition) is 8. The Balaban J connectivity index is 2.13. The Morgan fingerprint density at radius 2 is 2.25 bits per heavy atom. The maximum absolute atomic E-state index is 13.7. The summed E-state index contributed by atoms with van der Waals surface area (Å²) in [4.78, 5) is 18.9. The standard InChI is InChI=1S/C17H16ClFN8O/c18-13-8-25-17(26-11(4-20)7-23-9-15(22)28)27-16(13)24-6-10-2-1-3-14(19)12(10)5-21/h1-4,7-8,20,23H,6,9H2,(H2,22,28)(H2,24,25,26,27)/b11-7+,20-4?. The Bertz CT molecular complexity index is 957. The number of nitrogens with one attached hydrogen (secondary N) is 4. The van der Waals surface area contributed by atoms with Crippen LogP contribution in [0.3, 0.4) is 0 Å². The predicted octanol–water partition coefficient (Wildman–Crippen LogP) is 1.73. The lowest BCUT2D eigenvalue weighted by Crippen LogP contribution is -2.25. The number of nitriles is 1. The number of nitrogens with zero attached hydrogens (tertiary/aromatic N) is 3. The monoisotopic (exact) mass is 402 g/mol. The minimum atomic E-state index is -0.609. The van der Waals surface area contributed by atoms with Crippen LogP contribution in [0, 0.1) is 22.6 Å².